The minimum Gasteiger partial charge on any atom is -0.351 e. The van der Waals surface area contributed by atoms with E-state index in [-0.39, 0.29) is 11.7 Å². The second-order valence-electron chi connectivity index (χ2n) is 4.13. The zero-order chi connectivity index (χ0) is 15.1. The molecule has 0 saturated carbocycles. The third kappa shape index (κ3) is 4.87. The second kappa shape index (κ2) is 7.80. The Morgan fingerprint density at radius 2 is 2.38 bits per heavy atom. The first-order valence-electron chi connectivity index (χ1n) is 6.20. The molecule has 1 aromatic heterocycles. The van der Waals surface area contributed by atoms with Crippen molar-refractivity contribution in [1.82, 2.24) is 25.5 Å². The summed E-state index contributed by atoms with van der Waals surface area (Å²) in [6, 6.07) is 7.37. The van der Waals surface area contributed by atoms with Gasteiger partial charge in [0, 0.05) is 11.6 Å². The topological polar surface area (TPSA) is 72.7 Å². The number of rotatable bonds is 7. The molecule has 1 heterocycles. The molecule has 0 aliphatic rings. The maximum atomic E-state index is 11.8. The molecule has 0 aliphatic carbocycles. The van der Waals surface area contributed by atoms with Crippen LogP contribution in [0.25, 0.3) is 0 Å². The van der Waals surface area contributed by atoms with Gasteiger partial charge in [0.05, 0.1) is 12.3 Å². The van der Waals surface area contributed by atoms with Gasteiger partial charge in [-0.1, -0.05) is 41.6 Å². The number of aromatic nitrogens is 4. The molecule has 110 valence electrons. The third-order valence-corrected chi connectivity index (χ3v) is 3.70. The summed E-state index contributed by atoms with van der Waals surface area (Å²) < 4.78 is 1.59. The van der Waals surface area contributed by atoms with E-state index in [9.17, 15) is 4.79 Å². The standard InChI is InChI=1S/C13H14ClN5OS/c1-2-6-19-13(16-17-18-19)21-9-12(20)15-8-10-4-3-5-11(14)7-10/h2-5,7H,1,6,8-9H2,(H,15,20). The van der Waals surface area contributed by atoms with Gasteiger partial charge in [-0.25, -0.2) is 4.68 Å². The van der Waals surface area contributed by atoms with E-state index in [2.05, 4.69) is 27.4 Å². The van der Waals surface area contributed by atoms with E-state index < -0.39 is 0 Å². The van der Waals surface area contributed by atoms with Gasteiger partial charge in [0.1, 0.15) is 0 Å². The van der Waals surface area contributed by atoms with E-state index in [4.69, 9.17) is 11.6 Å². The number of carbonyl (C=O) groups is 1. The van der Waals surface area contributed by atoms with Crippen LogP contribution >= 0.6 is 23.4 Å². The molecule has 6 nitrogen and oxygen atoms in total. The number of nitrogens with one attached hydrogen (secondary N) is 1. The van der Waals surface area contributed by atoms with E-state index in [1.807, 2.05) is 18.2 Å². The molecular weight excluding hydrogens is 310 g/mol. The summed E-state index contributed by atoms with van der Waals surface area (Å²) in [6.45, 7) is 4.58. The van der Waals surface area contributed by atoms with Gasteiger partial charge in [0.25, 0.3) is 0 Å². The van der Waals surface area contributed by atoms with E-state index >= 15 is 0 Å². The van der Waals surface area contributed by atoms with Crippen LogP contribution in [-0.2, 0) is 17.9 Å². The number of hydrogen-bond acceptors (Lipinski definition) is 5. The predicted octanol–water partition coefficient (Wildman–Crippen LogP) is 1.92. The highest BCUT2D eigenvalue weighted by Gasteiger charge is 2.09. The molecule has 0 fully saturated rings. The molecule has 0 aliphatic heterocycles. The normalized spacial score (nSPS) is 10.3. The van der Waals surface area contributed by atoms with Crippen LogP contribution in [0.4, 0.5) is 0 Å². The SMILES string of the molecule is C=CCn1nnnc1SCC(=O)NCc1cccc(Cl)c1. The van der Waals surface area contributed by atoms with Gasteiger partial charge in [0.15, 0.2) is 0 Å². The lowest BCUT2D eigenvalue weighted by Gasteiger charge is -2.05. The number of tetrazole rings is 1. The Balaban J connectivity index is 1.79. The smallest absolute Gasteiger partial charge is 0.230 e. The van der Waals surface area contributed by atoms with Gasteiger partial charge >= 0.3 is 0 Å². The van der Waals surface area contributed by atoms with Crippen molar-refractivity contribution < 1.29 is 4.79 Å². The van der Waals surface area contributed by atoms with Crippen LogP contribution in [0.2, 0.25) is 5.02 Å². The zero-order valence-corrected chi connectivity index (χ0v) is 12.8. The number of thioether (sulfide) groups is 1. The van der Waals surface area contributed by atoms with Crippen molar-refractivity contribution in [3.63, 3.8) is 0 Å². The molecule has 2 aromatic rings. The minimum atomic E-state index is -0.0897. The molecule has 0 radical (unpaired) electrons. The van der Waals surface area contributed by atoms with E-state index in [0.29, 0.717) is 23.3 Å². The molecule has 0 saturated heterocycles. The summed E-state index contributed by atoms with van der Waals surface area (Å²) in [5.74, 6) is 0.158. The Kier molecular flexibility index (Phi) is 5.77. The maximum absolute atomic E-state index is 11.8. The summed E-state index contributed by atoms with van der Waals surface area (Å²) in [4.78, 5) is 11.8. The molecule has 1 aromatic carbocycles. The molecule has 8 heteroatoms. The van der Waals surface area contributed by atoms with E-state index in [1.54, 1.807) is 16.8 Å². The van der Waals surface area contributed by atoms with Crippen molar-refractivity contribution in [1.29, 1.82) is 0 Å². The van der Waals surface area contributed by atoms with Gasteiger partial charge < -0.3 is 5.32 Å². The fraction of sp³-hybridized carbons (Fsp3) is 0.231. The number of halogens is 1. The summed E-state index contributed by atoms with van der Waals surface area (Å²) >= 11 is 7.17. The number of hydrogen-bond donors (Lipinski definition) is 1. The Bertz CT molecular complexity index is 631. The van der Waals surface area contributed by atoms with Crippen molar-refractivity contribution in [2.24, 2.45) is 0 Å². The largest absolute Gasteiger partial charge is 0.351 e. The lowest BCUT2D eigenvalue weighted by molar-refractivity contribution is -0.118. The van der Waals surface area contributed by atoms with Crippen molar-refractivity contribution in [3.05, 3.63) is 47.5 Å². The highest BCUT2D eigenvalue weighted by Crippen LogP contribution is 2.13. The van der Waals surface area contributed by atoms with Crippen LogP contribution in [0.1, 0.15) is 5.56 Å². The second-order valence-corrected chi connectivity index (χ2v) is 5.51. The van der Waals surface area contributed by atoms with Crippen molar-refractivity contribution in [2.45, 2.75) is 18.2 Å². The highest BCUT2D eigenvalue weighted by molar-refractivity contribution is 7.99. The predicted molar refractivity (Wildman–Crippen MR) is 82.0 cm³/mol. The Morgan fingerprint density at radius 3 is 3.14 bits per heavy atom. The van der Waals surface area contributed by atoms with Gasteiger partial charge in [-0.3, -0.25) is 4.79 Å². The molecule has 2 rings (SSSR count). The number of benzene rings is 1. The van der Waals surface area contributed by atoms with Crippen LogP contribution in [0.15, 0.2) is 42.1 Å². The van der Waals surface area contributed by atoms with Crippen LogP contribution in [-0.4, -0.2) is 31.9 Å². The fourth-order valence-corrected chi connectivity index (χ4v) is 2.49. The Hall–Kier alpha value is -1.86. The Labute approximate surface area is 131 Å². The summed E-state index contributed by atoms with van der Waals surface area (Å²) in [5.41, 5.74) is 0.956. The average Bonchev–Trinajstić information content (AvgIpc) is 2.91. The molecular formula is C13H14ClN5OS. The van der Waals surface area contributed by atoms with Gasteiger partial charge in [-0.05, 0) is 28.1 Å². The maximum Gasteiger partial charge on any atom is 0.230 e. The number of nitrogens with zero attached hydrogens (tertiary/aromatic N) is 4. The highest BCUT2D eigenvalue weighted by atomic mass is 35.5. The first-order valence-corrected chi connectivity index (χ1v) is 7.56. The Morgan fingerprint density at radius 1 is 1.52 bits per heavy atom. The minimum absolute atomic E-state index is 0.0897. The van der Waals surface area contributed by atoms with Crippen molar-refractivity contribution in [2.75, 3.05) is 5.75 Å². The monoisotopic (exact) mass is 323 g/mol. The first kappa shape index (κ1) is 15.5. The third-order valence-electron chi connectivity index (χ3n) is 2.51. The number of carbonyl (C=O) groups excluding carboxylic acids is 1. The molecule has 1 N–H and O–H groups in total. The van der Waals surface area contributed by atoms with Crippen LogP contribution in [0, 0.1) is 0 Å². The lowest BCUT2D eigenvalue weighted by atomic mass is 10.2. The lowest BCUT2D eigenvalue weighted by Crippen LogP contribution is -2.24. The molecule has 0 unspecified atom stereocenters. The molecule has 0 bridgehead atoms. The fourth-order valence-electron chi connectivity index (χ4n) is 1.57. The van der Waals surface area contributed by atoms with Crippen molar-refractivity contribution in [3.8, 4) is 0 Å². The summed E-state index contributed by atoms with van der Waals surface area (Å²) in [5, 5.41) is 15.3. The van der Waals surface area contributed by atoms with Crippen LogP contribution in [0.3, 0.4) is 0 Å². The molecule has 0 atom stereocenters. The van der Waals surface area contributed by atoms with Crippen LogP contribution in [0.5, 0.6) is 0 Å². The van der Waals surface area contributed by atoms with Gasteiger partial charge in [-0.15, -0.1) is 11.7 Å². The molecule has 0 spiro atoms. The summed E-state index contributed by atoms with van der Waals surface area (Å²) in [6.07, 6.45) is 1.69. The molecule has 21 heavy (non-hydrogen) atoms. The van der Waals surface area contributed by atoms with E-state index in [1.165, 1.54) is 11.8 Å². The zero-order valence-electron chi connectivity index (χ0n) is 11.2. The number of amides is 1. The first-order chi connectivity index (χ1) is 10.2. The average molecular weight is 324 g/mol. The quantitative estimate of drug-likeness (QED) is 0.622. The van der Waals surface area contributed by atoms with Crippen molar-refractivity contribution >= 4 is 29.3 Å². The number of allylic oxidation sites excluding steroid dienone is 1. The van der Waals surface area contributed by atoms with Gasteiger partial charge in [-0.2, -0.15) is 0 Å². The van der Waals surface area contributed by atoms with Crippen LogP contribution < -0.4 is 5.32 Å². The summed E-state index contributed by atoms with van der Waals surface area (Å²) in [7, 11) is 0. The van der Waals surface area contributed by atoms with Gasteiger partial charge in [0.2, 0.25) is 11.1 Å². The molecule has 1 amide bonds. The van der Waals surface area contributed by atoms with E-state index in [0.717, 1.165) is 5.56 Å².